The van der Waals surface area contributed by atoms with E-state index in [1.165, 1.54) is 6.42 Å². The fourth-order valence-electron chi connectivity index (χ4n) is 2.03. The normalized spacial score (nSPS) is 28.5. The van der Waals surface area contributed by atoms with Gasteiger partial charge < -0.3 is 0 Å². The van der Waals surface area contributed by atoms with Crippen LogP contribution >= 0.6 is 0 Å². The molecule has 0 aromatic rings. The number of hydrogen-bond acceptors (Lipinski definition) is 1. The van der Waals surface area contributed by atoms with Gasteiger partial charge in [-0.1, -0.05) is 19.9 Å². The molecule has 0 bridgehead atoms. The molecule has 1 saturated carbocycles. The van der Waals surface area contributed by atoms with Crippen molar-refractivity contribution in [2.45, 2.75) is 39.5 Å². The van der Waals surface area contributed by atoms with Crippen molar-refractivity contribution in [1.82, 2.24) is 0 Å². The van der Waals surface area contributed by atoms with Gasteiger partial charge in [0.1, 0.15) is 5.78 Å². The van der Waals surface area contributed by atoms with Crippen molar-refractivity contribution in [1.29, 1.82) is 0 Å². The molecule has 1 aliphatic carbocycles. The van der Waals surface area contributed by atoms with Gasteiger partial charge in [0.25, 0.3) is 0 Å². The van der Waals surface area contributed by atoms with E-state index in [2.05, 4.69) is 20.4 Å². The number of rotatable bonds is 2. The van der Waals surface area contributed by atoms with Crippen molar-refractivity contribution in [2.24, 2.45) is 11.3 Å². The van der Waals surface area contributed by atoms with Crippen molar-refractivity contribution in [3.05, 3.63) is 12.7 Å². The summed E-state index contributed by atoms with van der Waals surface area (Å²) >= 11 is 0. The predicted molar refractivity (Wildman–Crippen MR) is 50.9 cm³/mol. The van der Waals surface area contributed by atoms with Crippen LogP contribution in [0.25, 0.3) is 0 Å². The van der Waals surface area contributed by atoms with Crippen LogP contribution in [0.2, 0.25) is 0 Å². The molecule has 0 amide bonds. The monoisotopic (exact) mass is 166 g/mol. The number of Topliss-reactive ketones (excluding diaryl/α,β-unsaturated/α-hetero) is 1. The molecule has 1 fully saturated rings. The van der Waals surface area contributed by atoms with Gasteiger partial charge in [0.15, 0.2) is 0 Å². The van der Waals surface area contributed by atoms with Gasteiger partial charge in [-0.05, 0) is 25.2 Å². The number of carbonyl (C=O) groups is 1. The van der Waals surface area contributed by atoms with Crippen LogP contribution < -0.4 is 0 Å². The van der Waals surface area contributed by atoms with Gasteiger partial charge >= 0.3 is 0 Å². The summed E-state index contributed by atoms with van der Waals surface area (Å²) in [5.41, 5.74) is -0.105. The van der Waals surface area contributed by atoms with Crippen LogP contribution in [-0.4, -0.2) is 5.78 Å². The van der Waals surface area contributed by atoms with Crippen LogP contribution in [0.3, 0.4) is 0 Å². The predicted octanol–water partition coefficient (Wildman–Crippen LogP) is 2.96. The van der Waals surface area contributed by atoms with E-state index in [1.54, 1.807) is 0 Å². The Morgan fingerprint density at radius 1 is 1.67 bits per heavy atom. The first kappa shape index (κ1) is 9.50. The average Bonchev–Trinajstić information content (AvgIpc) is 2.00. The van der Waals surface area contributed by atoms with E-state index in [4.69, 9.17) is 0 Å². The van der Waals surface area contributed by atoms with E-state index in [0.29, 0.717) is 11.7 Å². The molecule has 0 radical (unpaired) electrons. The summed E-state index contributed by atoms with van der Waals surface area (Å²) in [4.78, 5) is 11.6. The summed E-state index contributed by atoms with van der Waals surface area (Å²) in [6, 6.07) is 0. The Bertz CT molecular complexity index is 191. The summed E-state index contributed by atoms with van der Waals surface area (Å²) in [5.74, 6) is 0.955. The van der Waals surface area contributed by atoms with Crippen LogP contribution in [0.1, 0.15) is 39.5 Å². The number of ketones is 1. The average molecular weight is 166 g/mol. The van der Waals surface area contributed by atoms with Crippen LogP contribution in [0.4, 0.5) is 0 Å². The van der Waals surface area contributed by atoms with Gasteiger partial charge in [-0.2, -0.15) is 0 Å². The fraction of sp³-hybridized carbons (Fsp3) is 0.727. The highest BCUT2D eigenvalue weighted by Gasteiger charge is 2.37. The molecule has 1 rings (SSSR count). The highest BCUT2D eigenvalue weighted by Crippen LogP contribution is 2.39. The molecule has 0 unspecified atom stereocenters. The highest BCUT2D eigenvalue weighted by atomic mass is 16.1. The first-order chi connectivity index (χ1) is 5.59. The molecule has 0 saturated heterocycles. The van der Waals surface area contributed by atoms with Crippen LogP contribution in [0, 0.1) is 11.3 Å². The summed E-state index contributed by atoms with van der Waals surface area (Å²) < 4.78 is 0. The van der Waals surface area contributed by atoms with E-state index in [1.807, 2.05) is 6.08 Å². The van der Waals surface area contributed by atoms with E-state index in [9.17, 15) is 4.79 Å². The SMILES string of the molecule is C=CC[C@H]1CCCC(=O)C1(C)C. The highest BCUT2D eigenvalue weighted by molar-refractivity contribution is 5.85. The second-order valence-electron chi connectivity index (χ2n) is 4.26. The lowest BCUT2D eigenvalue weighted by Crippen LogP contribution is -2.36. The summed E-state index contributed by atoms with van der Waals surface area (Å²) in [6.07, 6.45) is 5.95. The molecular formula is C11H18O. The van der Waals surface area contributed by atoms with Crippen LogP contribution in [0.15, 0.2) is 12.7 Å². The molecule has 0 aromatic carbocycles. The smallest absolute Gasteiger partial charge is 0.138 e. The second-order valence-corrected chi connectivity index (χ2v) is 4.26. The third-order valence-corrected chi connectivity index (χ3v) is 3.15. The minimum atomic E-state index is -0.105. The van der Waals surface area contributed by atoms with Crippen LogP contribution in [-0.2, 0) is 4.79 Å². The van der Waals surface area contributed by atoms with E-state index < -0.39 is 0 Å². The lowest BCUT2D eigenvalue weighted by atomic mass is 9.67. The zero-order chi connectivity index (χ0) is 9.19. The topological polar surface area (TPSA) is 17.1 Å². The van der Waals surface area contributed by atoms with Gasteiger partial charge in [-0.3, -0.25) is 4.79 Å². The van der Waals surface area contributed by atoms with E-state index >= 15 is 0 Å². The first-order valence-corrected chi connectivity index (χ1v) is 4.73. The van der Waals surface area contributed by atoms with Crippen molar-refractivity contribution in [3.8, 4) is 0 Å². The number of hydrogen-bond donors (Lipinski definition) is 0. The Balaban J connectivity index is 2.71. The molecule has 0 heterocycles. The molecule has 0 aromatic heterocycles. The lowest BCUT2D eigenvalue weighted by Gasteiger charge is -2.36. The number of carbonyl (C=O) groups excluding carboxylic acids is 1. The Morgan fingerprint density at radius 3 is 2.92 bits per heavy atom. The van der Waals surface area contributed by atoms with Gasteiger partial charge in [0, 0.05) is 11.8 Å². The molecular weight excluding hydrogens is 148 g/mol. The summed E-state index contributed by atoms with van der Waals surface area (Å²) in [5, 5.41) is 0. The Kier molecular flexibility index (Phi) is 2.71. The second kappa shape index (κ2) is 3.42. The fourth-order valence-corrected chi connectivity index (χ4v) is 2.03. The molecule has 68 valence electrons. The maximum Gasteiger partial charge on any atom is 0.138 e. The lowest BCUT2D eigenvalue weighted by molar-refractivity contribution is -0.132. The standard InChI is InChI=1S/C11H18O/c1-4-6-9-7-5-8-10(12)11(9,2)3/h4,9H,1,5-8H2,2-3H3/t9-/m0/s1. The number of allylic oxidation sites excluding steroid dienone is 1. The molecule has 0 aliphatic heterocycles. The molecule has 12 heavy (non-hydrogen) atoms. The van der Waals surface area contributed by atoms with Gasteiger partial charge in [0.2, 0.25) is 0 Å². The zero-order valence-electron chi connectivity index (χ0n) is 8.10. The molecule has 1 nitrogen and oxygen atoms in total. The molecule has 0 N–H and O–H groups in total. The van der Waals surface area contributed by atoms with Gasteiger partial charge in [-0.25, -0.2) is 0 Å². The molecule has 1 aliphatic rings. The largest absolute Gasteiger partial charge is 0.299 e. The molecule has 1 atom stereocenters. The third-order valence-electron chi connectivity index (χ3n) is 3.15. The summed E-state index contributed by atoms with van der Waals surface area (Å²) in [6.45, 7) is 7.88. The Labute approximate surface area is 74.9 Å². The van der Waals surface area contributed by atoms with Gasteiger partial charge in [0.05, 0.1) is 0 Å². The quantitative estimate of drug-likeness (QED) is 0.576. The van der Waals surface area contributed by atoms with E-state index in [0.717, 1.165) is 19.3 Å². The molecule has 1 heteroatoms. The first-order valence-electron chi connectivity index (χ1n) is 4.73. The Morgan fingerprint density at radius 2 is 2.33 bits per heavy atom. The van der Waals surface area contributed by atoms with Crippen molar-refractivity contribution < 1.29 is 4.79 Å². The maximum absolute atomic E-state index is 11.6. The van der Waals surface area contributed by atoms with Crippen molar-refractivity contribution in [2.75, 3.05) is 0 Å². The van der Waals surface area contributed by atoms with Crippen molar-refractivity contribution in [3.63, 3.8) is 0 Å². The molecule has 0 spiro atoms. The Hall–Kier alpha value is -0.590. The maximum atomic E-state index is 11.6. The van der Waals surface area contributed by atoms with E-state index in [-0.39, 0.29) is 5.41 Å². The van der Waals surface area contributed by atoms with Crippen molar-refractivity contribution >= 4 is 5.78 Å². The summed E-state index contributed by atoms with van der Waals surface area (Å²) in [7, 11) is 0. The van der Waals surface area contributed by atoms with Gasteiger partial charge in [-0.15, -0.1) is 6.58 Å². The third kappa shape index (κ3) is 1.60. The van der Waals surface area contributed by atoms with Crippen LogP contribution in [0.5, 0.6) is 0 Å². The minimum Gasteiger partial charge on any atom is -0.299 e. The minimum absolute atomic E-state index is 0.105. The zero-order valence-corrected chi connectivity index (χ0v) is 8.10.